The molecule has 158 valence electrons. The molecule has 1 aliphatic rings. The summed E-state index contributed by atoms with van der Waals surface area (Å²) in [6, 6.07) is 26.7. The monoisotopic (exact) mass is 476 g/mol. The third-order valence-electron chi connectivity index (χ3n) is 5.76. The van der Waals surface area contributed by atoms with Gasteiger partial charge in [-0.1, -0.05) is 84.2 Å². The van der Waals surface area contributed by atoms with E-state index in [1.54, 1.807) is 10.0 Å². The molecule has 1 saturated heterocycles. The Morgan fingerprint density at radius 3 is 1.81 bits per heavy atom. The van der Waals surface area contributed by atoms with Crippen LogP contribution in [0, 0.1) is 5.41 Å². The lowest BCUT2D eigenvalue weighted by Gasteiger charge is -2.27. The summed E-state index contributed by atoms with van der Waals surface area (Å²) in [5, 5.41) is 3.12. The second-order valence-electron chi connectivity index (χ2n) is 7.90. The smallest absolute Gasteiger partial charge is 0.262 e. The molecule has 0 N–H and O–H groups in total. The molecule has 0 saturated carbocycles. The molecule has 4 nitrogen and oxygen atoms in total. The second kappa shape index (κ2) is 9.06. The van der Waals surface area contributed by atoms with Crippen molar-refractivity contribution in [2.24, 2.45) is 5.41 Å². The molecule has 3 aromatic rings. The largest absolute Gasteiger partial charge is 0.271 e. The molecule has 0 bridgehead atoms. The molecule has 1 aliphatic heterocycles. The second-order valence-corrected chi connectivity index (χ2v) is 8.81. The lowest BCUT2D eigenvalue weighted by atomic mass is 9.76. The maximum Gasteiger partial charge on any atom is 0.262 e. The SMILES string of the molecule is CCCCC1(Cc2cccc(Br)c2)C(=O)N(c2ccccc2)N(c2ccccc2)C1=O. The van der Waals surface area contributed by atoms with Crippen LogP contribution in [-0.4, -0.2) is 11.8 Å². The first-order valence-corrected chi connectivity index (χ1v) is 11.4. The summed E-state index contributed by atoms with van der Waals surface area (Å²) in [6.07, 6.45) is 2.60. The fourth-order valence-corrected chi connectivity index (χ4v) is 4.66. The van der Waals surface area contributed by atoms with Crippen molar-refractivity contribution in [2.45, 2.75) is 32.6 Å². The van der Waals surface area contributed by atoms with Crippen LogP contribution in [-0.2, 0) is 16.0 Å². The number of unbranched alkanes of at least 4 members (excludes halogenated alkanes) is 1. The van der Waals surface area contributed by atoms with Crippen LogP contribution in [0.5, 0.6) is 0 Å². The molecule has 31 heavy (non-hydrogen) atoms. The van der Waals surface area contributed by atoms with Gasteiger partial charge in [0.2, 0.25) is 0 Å². The van der Waals surface area contributed by atoms with Gasteiger partial charge in [-0.25, -0.2) is 10.0 Å². The first kappa shape index (κ1) is 21.3. The minimum atomic E-state index is -1.14. The van der Waals surface area contributed by atoms with E-state index in [4.69, 9.17) is 0 Å². The van der Waals surface area contributed by atoms with Crippen molar-refractivity contribution in [1.29, 1.82) is 0 Å². The van der Waals surface area contributed by atoms with Gasteiger partial charge in [0.05, 0.1) is 11.4 Å². The Kier molecular flexibility index (Phi) is 6.23. The van der Waals surface area contributed by atoms with Crippen molar-refractivity contribution >= 4 is 39.1 Å². The summed E-state index contributed by atoms with van der Waals surface area (Å²) in [5.74, 6) is -0.332. The molecule has 3 aromatic carbocycles. The van der Waals surface area contributed by atoms with Gasteiger partial charge in [-0.2, -0.15) is 0 Å². The molecule has 0 aromatic heterocycles. The zero-order chi connectivity index (χ0) is 21.8. The Bertz CT molecular complexity index is 1010. The van der Waals surface area contributed by atoms with Crippen molar-refractivity contribution in [2.75, 3.05) is 10.0 Å². The van der Waals surface area contributed by atoms with Crippen LogP contribution in [0.4, 0.5) is 11.4 Å². The summed E-state index contributed by atoms with van der Waals surface area (Å²) in [6.45, 7) is 2.08. The minimum absolute atomic E-state index is 0.166. The first-order valence-electron chi connectivity index (χ1n) is 10.6. The van der Waals surface area contributed by atoms with Crippen LogP contribution >= 0.6 is 15.9 Å². The number of amides is 2. The van der Waals surface area contributed by atoms with E-state index in [1.165, 1.54) is 0 Å². The molecule has 0 aliphatic carbocycles. The van der Waals surface area contributed by atoms with Gasteiger partial charge in [0, 0.05) is 4.47 Å². The van der Waals surface area contributed by atoms with Crippen molar-refractivity contribution in [3.63, 3.8) is 0 Å². The summed E-state index contributed by atoms with van der Waals surface area (Å²) in [4.78, 5) is 28.1. The van der Waals surface area contributed by atoms with E-state index in [0.29, 0.717) is 24.2 Å². The fourth-order valence-electron chi connectivity index (χ4n) is 4.21. The first-order chi connectivity index (χ1) is 15.1. The van der Waals surface area contributed by atoms with Crippen LogP contribution in [0.3, 0.4) is 0 Å². The lowest BCUT2D eigenvalue weighted by molar-refractivity contribution is -0.135. The van der Waals surface area contributed by atoms with Crippen molar-refractivity contribution in [3.8, 4) is 0 Å². The normalized spacial score (nSPS) is 15.5. The molecule has 0 atom stereocenters. The quantitative estimate of drug-likeness (QED) is 0.383. The van der Waals surface area contributed by atoms with E-state index in [2.05, 4.69) is 22.9 Å². The number of carbonyl (C=O) groups excluding carboxylic acids is 2. The predicted octanol–water partition coefficient (Wildman–Crippen LogP) is 6.16. The number of halogens is 1. The number of nitrogens with zero attached hydrogens (tertiary/aromatic N) is 2. The number of benzene rings is 3. The molecule has 1 fully saturated rings. The number of hydrogen-bond donors (Lipinski definition) is 0. The molecule has 0 spiro atoms. The summed E-state index contributed by atoms with van der Waals surface area (Å²) >= 11 is 3.52. The summed E-state index contributed by atoms with van der Waals surface area (Å²) in [7, 11) is 0. The molecule has 5 heteroatoms. The topological polar surface area (TPSA) is 40.6 Å². The molecular formula is C26H25BrN2O2. The Morgan fingerprint density at radius 1 is 0.774 bits per heavy atom. The van der Waals surface area contributed by atoms with Crippen LogP contribution in [0.25, 0.3) is 0 Å². The molecule has 2 amide bonds. The Morgan fingerprint density at radius 2 is 1.32 bits per heavy atom. The van der Waals surface area contributed by atoms with Gasteiger partial charge in [0.15, 0.2) is 0 Å². The van der Waals surface area contributed by atoms with Gasteiger partial charge in [0.1, 0.15) is 5.41 Å². The fraction of sp³-hybridized carbons (Fsp3) is 0.231. The highest BCUT2D eigenvalue weighted by atomic mass is 79.9. The zero-order valence-corrected chi connectivity index (χ0v) is 19.1. The van der Waals surface area contributed by atoms with Crippen molar-refractivity contribution in [1.82, 2.24) is 0 Å². The molecular weight excluding hydrogens is 452 g/mol. The van der Waals surface area contributed by atoms with E-state index in [-0.39, 0.29) is 11.8 Å². The van der Waals surface area contributed by atoms with E-state index in [0.717, 1.165) is 22.9 Å². The maximum absolute atomic E-state index is 14.1. The number of carbonyl (C=O) groups is 2. The van der Waals surface area contributed by atoms with E-state index in [9.17, 15) is 9.59 Å². The summed E-state index contributed by atoms with van der Waals surface area (Å²) < 4.78 is 0.938. The average Bonchev–Trinajstić information content (AvgIpc) is 3.01. The number of para-hydroxylation sites is 2. The Labute approximate surface area is 191 Å². The third kappa shape index (κ3) is 4.02. The van der Waals surface area contributed by atoms with Gasteiger partial charge in [0.25, 0.3) is 11.8 Å². The Balaban J connectivity index is 1.86. The van der Waals surface area contributed by atoms with E-state index in [1.807, 2.05) is 84.9 Å². The van der Waals surface area contributed by atoms with Crippen molar-refractivity contribution in [3.05, 3.63) is 95.0 Å². The number of rotatable bonds is 7. The highest BCUT2D eigenvalue weighted by Gasteiger charge is 2.58. The van der Waals surface area contributed by atoms with Crippen LogP contribution in [0.1, 0.15) is 31.7 Å². The highest BCUT2D eigenvalue weighted by molar-refractivity contribution is 9.10. The van der Waals surface area contributed by atoms with Gasteiger partial charge in [-0.15, -0.1) is 0 Å². The van der Waals surface area contributed by atoms with Crippen LogP contribution in [0.2, 0.25) is 0 Å². The van der Waals surface area contributed by atoms with E-state index < -0.39 is 5.41 Å². The molecule has 0 unspecified atom stereocenters. The minimum Gasteiger partial charge on any atom is -0.271 e. The summed E-state index contributed by atoms with van der Waals surface area (Å²) in [5.41, 5.74) is 1.22. The lowest BCUT2D eigenvalue weighted by Crippen LogP contribution is -2.41. The maximum atomic E-state index is 14.1. The molecule has 4 rings (SSSR count). The van der Waals surface area contributed by atoms with Gasteiger partial charge in [-0.3, -0.25) is 9.59 Å². The molecule has 1 heterocycles. The zero-order valence-electron chi connectivity index (χ0n) is 17.5. The Hall–Kier alpha value is -2.92. The van der Waals surface area contributed by atoms with E-state index >= 15 is 0 Å². The van der Waals surface area contributed by atoms with Gasteiger partial charge < -0.3 is 0 Å². The highest BCUT2D eigenvalue weighted by Crippen LogP contribution is 2.44. The predicted molar refractivity (Wildman–Crippen MR) is 128 cm³/mol. The van der Waals surface area contributed by atoms with Crippen molar-refractivity contribution < 1.29 is 9.59 Å². The van der Waals surface area contributed by atoms with Gasteiger partial charge >= 0.3 is 0 Å². The standard InChI is InChI=1S/C26H25BrN2O2/c1-2-3-17-26(19-20-11-10-12-21(27)18-20)24(30)28(22-13-6-4-7-14-22)29(25(26)31)23-15-8-5-9-16-23/h4-16,18H,2-3,17,19H2,1H3. The number of anilines is 2. The van der Waals surface area contributed by atoms with Crippen LogP contribution in [0.15, 0.2) is 89.4 Å². The third-order valence-corrected chi connectivity index (χ3v) is 6.25. The molecule has 0 radical (unpaired) electrons. The van der Waals surface area contributed by atoms with Crippen LogP contribution < -0.4 is 10.0 Å². The number of hydrogen-bond acceptors (Lipinski definition) is 2. The van der Waals surface area contributed by atoms with Gasteiger partial charge in [-0.05, 0) is 54.8 Å². The number of hydrazine groups is 1. The average molecular weight is 477 g/mol.